The summed E-state index contributed by atoms with van der Waals surface area (Å²) in [6, 6.07) is 13.9. The van der Waals surface area contributed by atoms with Crippen LogP contribution < -0.4 is 21.1 Å². The molecule has 2 amide bonds. The minimum Gasteiger partial charge on any atom is -0.497 e. The van der Waals surface area contributed by atoms with Crippen LogP contribution >= 0.6 is 0 Å². The number of methoxy groups -OCH3 is 1. The summed E-state index contributed by atoms with van der Waals surface area (Å²) in [7, 11) is 1.56. The quantitative estimate of drug-likeness (QED) is 0.725. The smallest absolute Gasteiger partial charge is 0.257 e. The maximum Gasteiger partial charge on any atom is 0.257 e. The highest BCUT2D eigenvalue weighted by Crippen LogP contribution is 2.23. The van der Waals surface area contributed by atoms with Gasteiger partial charge in [-0.3, -0.25) is 9.59 Å². The van der Waals surface area contributed by atoms with Crippen LogP contribution in [0, 0.1) is 0 Å². The van der Waals surface area contributed by atoms with Gasteiger partial charge in [-0.2, -0.15) is 0 Å². The highest BCUT2D eigenvalue weighted by Gasteiger charge is 2.30. The molecule has 0 unspecified atom stereocenters. The first-order valence-corrected chi connectivity index (χ1v) is 8.81. The monoisotopic (exact) mass is 369 g/mol. The highest BCUT2D eigenvalue weighted by atomic mass is 16.5. The van der Waals surface area contributed by atoms with Gasteiger partial charge in [0.1, 0.15) is 11.9 Å². The van der Waals surface area contributed by atoms with Gasteiger partial charge in [0.2, 0.25) is 0 Å². The first-order valence-electron chi connectivity index (χ1n) is 8.81. The molecule has 1 fully saturated rings. The molecule has 0 aliphatic carbocycles. The van der Waals surface area contributed by atoms with Crippen LogP contribution in [0.1, 0.15) is 23.2 Å². The van der Waals surface area contributed by atoms with Gasteiger partial charge in [-0.25, -0.2) is 0 Å². The fraction of sp³-hybridized carbons (Fsp3) is 0.300. The molecule has 0 radical (unpaired) electrons. The third-order valence-corrected chi connectivity index (χ3v) is 4.42. The van der Waals surface area contributed by atoms with Crippen molar-refractivity contribution in [3.63, 3.8) is 0 Å². The average molecular weight is 369 g/mol. The van der Waals surface area contributed by atoms with Crippen molar-refractivity contribution < 1.29 is 19.1 Å². The third kappa shape index (κ3) is 4.64. The molecule has 7 nitrogen and oxygen atoms in total. The molecule has 1 saturated heterocycles. The van der Waals surface area contributed by atoms with E-state index < -0.39 is 6.10 Å². The van der Waals surface area contributed by atoms with E-state index in [1.807, 2.05) is 0 Å². The molecule has 27 heavy (non-hydrogen) atoms. The first kappa shape index (κ1) is 18.9. The molecule has 7 heteroatoms. The van der Waals surface area contributed by atoms with Crippen LogP contribution in [0.5, 0.6) is 5.75 Å². The zero-order valence-electron chi connectivity index (χ0n) is 15.1. The molecular weight excluding hydrogens is 346 g/mol. The van der Waals surface area contributed by atoms with Crippen molar-refractivity contribution in [2.75, 3.05) is 24.3 Å². The Hall–Kier alpha value is -2.90. The molecule has 0 saturated carbocycles. The molecule has 4 N–H and O–H groups in total. The molecule has 2 atom stereocenters. The Morgan fingerprint density at radius 3 is 2.70 bits per heavy atom. The van der Waals surface area contributed by atoms with E-state index in [0.29, 0.717) is 35.7 Å². The largest absolute Gasteiger partial charge is 0.497 e. The zero-order chi connectivity index (χ0) is 19.2. The number of ether oxygens (including phenoxy) is 2. The molecule has 0 bridgehead atoms. The van der Waals surface area contributed by atoms with E-state index in [2.05, 4.69) is 10.6 Å². The van der Waals surface area contributed by atoms with Gasteiger partial charge in [0.25, 0.3) is 11.8 Å². The molecule has 1 heterocycles. The van der Waals surface area contributed by atoms with E-state index in [1.165, 1.54) is 0 Å². The number of carbonyl (C=O) groups is 2. The van der Waals surface area contributed by atoms with Crippen molar-refractivity contribution in [3.8, 4) is 5.75 Å². The van der Waals surface area contributed by atoms with E-state index >= 15 is 0 Å². The summed E-state index contributed by atoms with van der Waals surface area (Å²) < 4.78 is 10.8. The number of hydrogen-bond acceptors (Lipinski definition) is 5. The molecular formula is C20H23N3O4. The van der Waals surface area contributed by atoms with Gasteiger partial charge < -0.3 is 25.8 Å². The summed E-state index contributed by atoms with van der Waals surface area (Å²) in [5, 5.41) is 5.61. The van der Waals surface area contributed by atoms with Crippen LogP contribution in [0.15, 0.2) is 48.5 Å². The Morgan fingerprint density at radius 1 is 1.15 bits per heavy atom. The number of amides is 2. The van der Waals surface area contributed by atoms with E-state index in [-0.39, 0.29) is 17.9 Å². The van der Waals surface area contributed by atoms with Crippen LogP contribution in [0.25, 0.3) is 0 Å². The molecule has 0 spiro atoms. The average Bonchev–Trinajstić information content (AvgIpc) is 3.18. The van der Waals surface area contributed by atoms with Crippen molar-refractivity contribution in [2.24, 2.45) is 5.73 Å². The van der Waals surface area contributed by atoms with Gasteiger partial charge in [-0.1, -0.05) is 18.2 Å². The lowest BCUT2D eigenvalue weighted by Gasteiger charge is -2.15. The van der Waals surface area contributed by atoms with E-state index in [0.717, 1.165) is 6.42 Å². The summed E-state index contributed by atoms with van der Waals surface area (Å²) in [4.78, 5) is 25.2. The maximum absolute atomic E-state index is 12.7. The second kappa shape index (κ2) is 8.66. The lowest BCUT2D eigenvalue weighted by atomic mass is 10.1. The Morgan fingerprint density at radius 2 is 1.96 bits per heavy atom. The van der Waals surface area contributed by atoms with E-state index in [4.69, 9.17) is 15.2 Å². The normalized spacial score (nSPS) is 18.7. The summed E-state index contributed by atoms with van der Waals surface area (Å²) in [6.07, 6.45) is 0.735. The molecule has 1 aliphatic rings. The maximum atomic E-state index is 12.7. The summed E-state index contributed by atoms with van der Waals surface area (Å²) in [6.45, 7) is 0.392. The lowest BCUT2D eigenvalue weighted by molar-refractivity contribution is -0.126. The Balaban J connectivity index is 1.71. The first-order chi connectivity index (χ1) is 13.1. The number of carbonyl (C=O) groups excluding carboxylic acids is 2. The Kier molecular flexibility index (Phi) is 6.05. The standard InChI is InChI=1S/C20H23N3O4/c1-26-14-6-4-5-13(11-14)22-19(24)16-7-2-3-8-17(16)23-20(25)18-10-9-15(12-21)27-18/h2-8,11,15,18H,9-10,12,21H2,1H3,(H,22,24)(H,23,25)/t15-,18+/m1/s1. The number of rotatable bonds is 6. The van der Waals surface area contributed by atoms with Gasteiger partial charge in [-0.05, 0) is 37.1 Å². The molecule has 3 rings (SSSR count). The van der Waals surface area contributed by atoms with Gasteiger partial charge in [0.05, 0.1) is 24.5 Å². The van der Waals surface area contributed by atoms with Crippen LogP contribution in [0.3, 0.4) is 0 Å². The highest BCUT2D eigenvalue weighted by molar-refractivity contribution is 6.10. The summed E-state index contributed by atoms with van der Waals surface area (Å²) in [5.41, 5.74) is 6.99. The lowest BCUT2D eigenvalue weighted by Crippen LogP contribution is -2.30. The van der Waals surface area contributed by atoms with Crippen LogP contribution in [-0.4, -0.2) is 37.7 Å². The Labute approximate surface area is 157 Å². The van der Waals surface area contributed by atoms with Crippen molar-refractivity contribution in [3.05, 3.63) is 54.1 Å². The molecule has 1 aliphatic heterocycles. The molecule has 2 aromatic carbocycles. The number of hydrogen-bond donors (Lipinski definition) is 3. The number of anilines is 2. The fourth-order valence-electron chi connectivity index (χ4n) is 2.97. The zero-order valence-corrected chi connectivity index (χ0v) is 15.1. The predicted octanol–water partition coefficient (Wildman–Crippen LogP) is 2.39. The van der Waals surface area contributed by atoms with Crippen molar-refractivity contribution in [2.45, 2.75) is 25.0 Å². The summed E-state index contributed by atoms with van der Waals surface area (Å²) >= 11 is 0. The van der Waals surface area contributed by atoms with Gasteiger partial charge in [0, 0.05) is 18.3 Å². The molecule has 142 valence electrons. The van der Waals surface area contributed by atoms with Gasteiger partial charge >= 0.3 is 0 Å². The SMILES string of the molecule is COc1cccc(NC(=O)c2ccccc2NC(=O)[C@@H]2CC[C@H](CN)O2)c1. The van der Waals surface area contributed by atoms with Crippen molar-refractivity contribution in [1.29, 1.82) is 0 Å². The second-order valence-electron chi connectivity index (χ2n) is 6.28. The van der Waals surface area contributed by atoms with Crippen molar-refractivity contribution >= 4 is 23.2 Å². The molecule has 0 aromatic heterocycles. The van der Waals surface area contributed by atoms with Crippen LogP contribution in [-0.2, 0) is 9.53 Å². The fourth-order valence-corrected chi connectivity index (χ4v) is 2.97. The number of para-hydroxylation sites is 1. The minimum absolute atomic E-state index is 0.0904. The van der Waals surface area contributed by atoms with Crippen LogP contribution in [0.2, 0.25) is 0 Å². The topological polar surface area (TPSA) is 103 Å². The Bertz CT molecular complexity index is 824. The van der Waals surface area contributed by atoms with Gasteiger partial charge in [-0.15, -0.1) is 0 Å². The minimum atomic E-state index is -0.548. The molecule has 2 aromatic rings. The van der Waals surface area contributed by atoms with E-state index in [1.54, 1.807) is 55.6 Å². The number of benzene rings is 2. The van der Waals surface area contributed by atoms with Crippen LogP contribution in [0.4, 0.5) is 11.4 Å². The van der Waals surface area contributed by atoms with E-state index in [9.17, 15) is 9.59 Å². The predicted molar refractivity (Wildman–Crippen MR) is 103 cm³/mol. The number of nitrogens with one attached hydrogen (secondary N) is 2. The third-order valence-electron chi connectivity index (χ3n) is 4.42. The second-order valence-corrected chi connectivity index (χ2v) is 6.28. The summed E-state index contributed by atoms with van der Waals surface area (Å²) in [5.74, 6) is 0.0427. The number of nitrogens with two attached hydrogens (primary N) is 1. The van der Waals surface area contributed by atoms with Crippen molar-refractivity contribution in [1.82, 2.24) is 0 Å². The van der Waals surface area contributed by atoms with Gasteiger partial charge in [0.15, 0.2) is 0 Å².